The Labute approximate surface area is 152 Å². The predicted octanol–water partition coefficient (Wildman–Crippen LogP) is 2.07. The maximum Gasteiger partial charge on any atom is 0.315 e. The zero-order valence-corrected chi connectivity index (χ0v) is 14.7. The Kier molecular flexibility index (Phi) is 5.91. The summed E-state index contributed by atoms with van der Waals surface area (Å²) in [7, 11) is 0. The minimum absolute atomic E-state index is 0.0573. The summed E-state index contributed by atoms with van der Waals surface area (Å²) in [5.74, 6) is 0.522. The first-order valence-corrected chi connectivity index (χ1v) is 8.64. The lowest BCUT2D eigenvalue weighted by atomic mass is 10.1. The largest absolute Gasteiger partial charge is 0.467 e. The van der Waals surface area contributed by atoms with Crippen molar-refractivity contribution in [3.63, 3.8) is 0 Å². The molecule has 0 spiro atoms. The van der Waals surface area contributed by atoms with Crippen LogP contribution in [0.15, 0.2) is 53.1 Å². The minimum atomic E-state index is -0.407. The van der Waals surface area contributed by atoms with Crippen molar-refractivity contribution < 1.29 is 18.7 Å². The summed E-state index contributed by atoms with van der Waals surface area (Å²) in [6.07, 6.45) is 1.32. The van der Waals surface area contributed by atoms with Crippen molar-refractivity contribution in [2.24, 2.45) is 0 Å². The summed E-state index contributed by atoms with van der Waals surface area (Å²) in [5, 5.41) is 5.24. The first kappa shape index (κ1) is 18.0. The molecule has 1 saturated heterocycles. The fourth-order valence-electron chi connectivity index (χ4n) is 2.92. The summed E-state index contributed by atoms with van der Waals surface area (Å²) in [4.78, 5) is 26.0. The predicted molar refractivity (Wildman–Crippen MR) is 95.3 cm³/mol. The second-order valence-electron chi connectivity index (χ2n) is 6.26. The van der Waals surface area contributed by atoms with Gasteiger partial charge in [0.1, 0.15) is 11.9 Å². The maximum atomic E-state index is 12.5. The van der Waals surface area contributed by atoms with Gasteiger partial charge in [0.05, 0.1) is 32.0 Å². The molecule has 0 saturated carbocycles. The van der Waals surface area contributed by atoms with Gasteiger partial charge in [0, 0.05) is 6.54 Å². The van der Waals surface area contributed by atoms with Gasteiger partial charge in [0.25, 0.3) is 0 Å². The third kappa shape index (κ3) is 4.86. The highest BCUT2D eigenvalue weighted by atomic mass is 16.5. The average molecular weight is 357 g/mol. The Balaban J connectivity index is 1.48. The zero-order chi connectivity index (χ0) is 18.4. The molecule has 1 aliphatic heterocycles. The lowest BCUT2D eigenvalue weighted by Gasteiger charge is -2.37. The molecule has 1 aliphatic rings. The van der Waals surface area contributed by atoms with E-state index in [4.69, 9.17) is 9.15 Å². The van der Waals surface area contributed by atoms with E-state index < -0.39 is 6.03 Å². The summed E-state index contributed by atoms with van der Waals surface area (Å²) < 4.78 is 11.1. The smallest absolute Gasteiger partial charge is 0.315 e. The van der Waals surface area contributed by atoms with Crippen molar-refractivity contribution in [2.45, 2.75) is 25.7 Å². The number of morpholine rings is 1. The number of carbonyl (C=O) groups excluding carboxylic acids is 2. The van der Waals surface area contributed by atoms with Crippen molar-refractivity contribution in [1.82, 2.24) is 15.5 Å². The molecule has 0 aliphatic carbocycles. The van der Waals surface area contributed by atoms with Crippen LogP contribution in [0.3, 0.4) is 0 Å². The Morgan fingerprint density at radius 2 is 1.92 bits per heavy atom. The third-order valence-electron chi connectivity index (χ3n) is 4.19. The molecule has 3 rings (SSSR count). The normalized spacial score (nSPS) is 19.8. The van der Waals surface area contributed by atoms with Crippen LogP contribution in [0, 0.1) is 0 Å². The highest BCUT2D eigenvalue weighted by Crippen LogP contribution is 2.24. The second-order valence-corrected chi connectivity index (χ2v) is 6.26. The number of urea groups is 1. The Morgan fingerprint density at radius 3 is 2.65 bits per heavy atom. The summed E-state index contributed by atoms with van der Waals surface area (Å²) in [5.41, 5.74) is 1.04. The van der Waals surface area contributed by atoms with Gasteiger partial charge in [-0.3, -0.25) is 4.79 Å². The second kappa shape index (κ2) is 8.53. The topological polar surface area (TPSA) is 83.8 Å². The molecule has 2 heterocycles. The van der Waals surface area contributed by atoms with Crippen molar-refractivity contribution in [2.75, 3.05) is 19.6 Å². The molecule has 7 nitrogen and oxygen atoms in total. The van der Waals surface area contributed by atoms with Gasteiger partial charge in [-0.25, -0.2) is 4.79 Å². The van der Waals surface area contributed by atoms with Crippen LogP contribution in [-0.2, 0) is 16.1 Å². The number of furan rings is 1. The molecule has 0 unspecified atom stereocenters. The van der Waals surface area contributed by atoms with Gasteiger partial charge in [-0.15, -0.1) is 0 Å². The number of ether oxygens (including phenoxy) is 1. The molecular formula is C19H23N3O4. The van der Waals surface area contributed by atoms with Gasteiger partial charge >= 0.3 is 6.03 Å². The van der Waals surface area contributed by atoms with Crippen molar-refractivity contribution in [1.29, 1.82) is 0 Å². The number of rotatable bonds is 5. The number of amides is 3. The highest BCUT2D eigenvalue weighted by Gasteiger charge is 2.29. The first-order chi connectivity index (χ1) is 12.6. The number of nitrogens with zero attached hydrogens (tertiary/aromatic N) is 1. The van der Waals surface area contributed by atoms with Crippen molar-refractivity contribution in [3.8, 4) is 0 Å². The van der Waals surface area contributed by atoms with Crippen molar-refractivity contribution in [3.05, 3.63) is 60.1 Å². The number of hydrogen-bond donors (Lipinski definition) is 2. The standard InChI is InChI=1S/C19H23N3O4/c1-14-12-22(13-17(26-14)15-6-3-2-4-7-15)18(23)11-21-19(24)20-10-16-8-5-9-25-16/h2-9,14,17H,10-13H2,1H3,(H2,20,21,24)/t14-,17+/m0/s1. The zero-order valence-electron chi connectivity index (χ0n) is 14.7. The molecule has 3 amide bonds. The summed E-state index contributed by atoms with van der Waals surface area (Å²) >= 11 is 0. The fraction of sp³-hybridized carbons (Fsp3) is 0.368. The molecule has 138 valence electrons. The quantitative estimate of drug-likeness (QED) is 0.858. The van der Waals surface area contributed by atoms with Gasteiger partial charge in [-0.2, -0.15) is 0 Å². The Hall–Kier alpha value is -2.80. The molecule has 1 aromatic carbocycles. The van der Waals surface area contributed by atoms with E-state index in [0.717, 1.165) is 5.56 Å². The lowest BCUT2D eigenvalue weighted by molar-refractivity contribution is -0.143. The van der Waals surface area contributed by atoms with Gasteiger partial charge in [0.2, 0.25) is 5.91 Å². The van der Waals surface area contributed by atoms with E-state index in [2.05, 4.69) is 10.6 Å². The van der Waals surface area contributed by atoms with E-state index in [-0.39, 0.29) is 31.2 Å². The number of hydrogen-bond acceptors (Lipinski definition) is 4. The van der Waals surface area contributed by atoms with Gasteiger partial charge in [-0.05, 0) is 24.6 Å². The van der Waals surface area contributed by atoms with E-state index in [1.54, 1.807) is 23.3 Å². The van der Waals surface area contributed by atoms with E-state index in [0.29, 0.717) is 18.8 Å². The molecule has 2 aromatic rings. The summed E-state index contributed by atoms with van der Waals surface area (Å²) in [6.45, 7) is 3.15. The Morgan fingerprint density at radius 1 is 1.12 bits per heavy atom. The third-order valence-corrected chi connectivity index (χ3v) is 4.19. The molecule has 0 radical (unpaired) electrons. The molecule has 7 heteroatoms. The van der Waals surface area contributed by atoms with E-state index in [1.165, 1.54) is 0 Å². The van der Waals surface area contributed by atoms with Crippen LogP contribution in [0.25, 0.3) is 0 Å². The van der Waals surface area contributed by atoms with E-state index in [9.17, 15) is 9.59 Å². The molecule has 1 fully saturated rings. The summed E-state index contributed by atoms with van der Waals surface area (Å²) in [6, 6.07) is 13.0. The average Bonchev–Trinajstić information content (AvgIpc) is 3.18. The van der Waals surface area contributed by atoms with Crippen LogP contribution in [0.4, 0.5) is 4.79 Å². The van der Waals surface area contributed by atoms with Crippen LogP contribution in [0.5, 0.6) is 0 Å². The molecule has 2 N–H and O–H groups in total. The number of nitrogens with one attached hydrogen (secondary N) is 2. The van der Waals surface area contributed by atoms with Gasteiger partial charge in [0.15, 0.2) is 0 Å². The van der Waals surface area contributed by atoms with E-state index >= 15 is 0 Å². The van der Waals surface area contributed by atoms with Crippen LogP contribution in [0.2, 0.25) is 0 Å². The van der Waals surface area contributed by atoms with Gasteiger partial charge in [-0.1, -0.05) is 30.3 Å². The van der Waals surface area contributed by atoms with Crippen LogP contribution in [0.1, 0.15) is 24.4 Å². The maximum absolute atomic E-state index is 12.5. The highest BCUT2D eigenvalue weighted by molar-refractivity contribution is 5.84. The SMILES string of the molecule is C[C@H]1CN(C(=O)CNC(=O)NCc2ccco2)C[C@H](c2ccccc2)O1. The van der Waals surface area contributed by atoms with E-state index in [1.807, 2.05) is 37.3 Å². The number of benzene rings is 1. The van der Waals surface area contributed by atoms with Crippen LogP contribution >= 0.6 is 0 Å². The monoisotopic (exact) mass is 357 g/mol. The van der Waals surface area contributed by atoms with Crippen molar-refractivity contribution >= 4 is 11.9 Å². The van der Waals surface area contributed by atoms with Gasteiger partial charge < -0.3 is 24.7 Å². The Bertz CT molecular complexity index is 718. The number of carbonyl (C=O) groups is 2. The molecular weight excluding hydrogens is 334 g/mol. The van der Waals surface area contributed by atoms with Crippen LogP contribution < -0.4 is 10.6 Å². The molecule has 1 aromatic heterocycles. The first-order valence-electron chi connectivity index (χ1n) is 8.64. The lowest BCUT2D eigenvalue weighted by Crippen LogP contribution is -2.50. The molecule has 26 heavy (non-hydrogen) atoms. The fourth-order valence-corrected chi connectivity index (χ4v) is 2.92. The minimum Gasteiger partial charge on any atom is -0.467 e. The van der Waals surface area contributed by atoms with Crippen LogP contribution in [-0.4, -0.2) is 42.6 Å². The molecule has 2 atom stereocenters. The molecule has 0 bridgehead atoms.